The molecular formula is C21H24N3O+. The van der Waals surface area contributed by atoms with Gasteiger partial charge in [-0.05, 0) is 37.0 Å². The number of nitrogens with zero attached hydrogens (tertiary/aromatic N) is 2. The van der Waals surface area contributed by atoms with Gasteiger partial charge in [-0.1, -0.05) is 42.5 Å². The van der Waals surface area contributed by atoms with E-state index < -0.39 is 0 Å². The number of aliphatic imine (C=N–C) groups is 1. The third kappa shape index (κ3) is 3.49. The number of piperidine rings is 1. The SMILES string of the molecule is O=C1CC(c2ccccc2)=Nc2ccccc2N1C[NH+]1CCCCC1. The summed E-state index contributed by atoms with van der Waals surface area (Å²) in [5.74, 6) is 0.144. The van der Waals surface area contributed by atoms with Gasteiger partial charge in [0.25, 0.3) is 0 Å². The van der Waals surface area contributed by atoms with Crippen LogP contribution >= 0.6 is 0 Å². The monoisotopic (exact) mass is 334 g/mol. The average Bonchev–Trinajstić information content (AvgIpc) is 2.80. The minimum absolute atomic E-state index is 0.144. The fourth-order valence-corrected chi connectivity index (χ4v) is 3.75. The molecule has 1 N–H and O–H groups in total. The largest absolute Gasteiger partial charge is 0.317 e. The van der Waals surface area contributed by atoms with Crippen LogP contribution in [0.1, 0.15) is 31.2 Å². The van der Waals surface area contributed by atoms with Crippen molar-refractivity contribution in [2.75, 3.05) is 24.7 Å². The molecular weight excluding hydrogens is 310 g/mol. The van der Waals surface area contributed by atoms with Crippen molar-refractivity contribution in [1.82, 2.24) is 0 Å². The van der Waals surface area contributed by atoms with Crippen molar-refractivity contribution >= 4 is 23.0 Å². The van der Waals surface area contributed by atoms with Crippen molar-refractivity contribution in [2.24, 2.45) is 4.99 Å². The van der Waals surface area contributed by atoms with Gasteiger partial charge in [-0.2, -0.15) is 0 Å². The third-order valence-corrected chi connectivity index (χ3v) is 5.10. The van der Waals surface area contributed by atoms with E-state index in [2.05, 4.69) is 0 Å². The summed E-state index contributed by atoms with van der Waals surface area (Å²) in [5, 5.41) is 0. The second kappa shape index (κ2) is 7.19. The standard InChI is InChI=1S/C21H23N3O/c25-21-15-19(17-9-3-1-4-10-17)22-18-11-5-6-12-20(18)24(21)16-23-13-7-2-8-14-23/h1,3-6,9-12H,2,7-8,13-16H2/p+1. The third-order valence-electron chi connectivity index (χ3n) is 5.10. The number of carbonyl (C=O) groups excluding carboxylic acids is 1. The Morgan fingerprint density at radius 2 is 1.64 bits per heavy atom. The lowest BCUT2D eigenvalue weighted by Crippen LogP contribution is -3.14. The Morgan fingerprint density at radius 3 is 2.44 bits per heavy atom. The smallest absolute Gasteiger partial charge is 0.237 e. The van der Waals surface area contributed by atoms with Gasteiger partial charge in [0.15, 0.2) is 6.67 Å². The first kappa shape index (κ1) is 16.0. The molecule has 0 aromatic heterocycles. The Kier molecular flexibility index (Phi) is 4.61. The van der Waals surface area contributed by atoms with Crippen LogP contribution in [0, 0.1) is 0 Å². The van der Waals surface area contributed by atoms with Crippen LogP contribution in [0.2, 0.25) is 0 Å². The predicted octanol–water partition coefficient (Wildman–Crippen LogP) is 2.57. The first-order chi connectivity index (χ1) is 12.3. The predicted molar refractivity (Wildman–Crippen MR) is 101 cm³/mol. The molecule has 4 nitrogen and oxygen atoms in total. The van der Waals surface area contributed by atoms with Crippen molar-refractivity contribution in [1.29, 1.82) is 0 Å². The van der Waals surface area contributed by atoms with Crippen molar-refractivity contribution in [2.45, 2.75) is 25.7 Å². The Balaban J connectivity index is 1.67. The number of benzene rings is 2. The van der Waals surface area contributed by atoms with E-state index in [0.29, 0.717) is 6.42 Å². The van der Waals surface area contributed by atoms with E-state index in [-0.39, 0.29) is 5.91 Å². The number of hydrogen-bond acceptors (Lipinski definition) is 2. The number of amides is 1. The molecule has 2 aliphatic heterocycles. The molecule has 1 fully saturated rings. The number of rotatable bonds is 3. The fraction of sp³-hybridized carbons (Fsp3) is 0.333. The summed E-state index contributed by atoms with van der Waals surface area (Å²) in [6.45, 7) is 3.05. The van der Waals surface area contributed by atoms with Crippen molar-refractivity contribution in [3.05, 3.63) is 60.2 Å². The van der Waals surface area contributed by atoms with Gasteiger partial charge in [-0.3, -0.25) is 14.7 Å². The number of anilines is 1. The number of nitrogens with one attached hydrogen (secondary N) is 1. The highest BCUT2D eigenvalue weighted by atomic mass is 16.2. The van der Waals surface area contributed by atoms with Crippen molar-refractivity contribution in [3.8, 4) is 0 Å². The van der Waals surface area contributed by atoms with Crippen LogP contribution in [0.4, 0.5) is 11.4 Å². The molecule has 128 valence electrons. The molecule has 0 bridgehead atoms. The van der Waals surface area contributed by atoms with Crippen LogP contribution < -0.4 is 9.80 Å². The van der Waals surface area contributed by atoms with Gasteiger partial charge in [-0.15, -0.1) is 0 Å². The van der Waals surface area contributed by atoms with Crippen molar-refractivity contribution < 1.29 is 9.69 Å². The quantitative estimate of drug-likeness (QED) is 0.920. The molecule has 0 spiro atoms. The zero-order chi connectivity index (χ0) is 17.1. The normalized spacial score (nSPS) is 18.5. The molecule has 2 aliphatic rings. The molecule has 0 aliphatic carbocycles. The van der Waals surface area contributed by atoms with Crippen LogP contribution in [-0.4, -0.2) is 31.4 Å². The van der Waals surface area contributed by atoms with Gasteiger partial charge in [0.1, 0.15) is 0 Å². The highest BCUT2D eigenvalue weighted by molar-refractivity contribution is 6.17. The zero-order valence-corrected chi connectivity index (χ0v) is 14.4. The van der Waals surface area contributed by atoms with Gasteiger partial charge in [-0.25, -0.2) is 0 Å². The molecule has 4 heteroatoms. The number of hydrogen-bond donors (Lipinski definition) is 1. The lowest BCUT2D eigenvalue weighted by Gasteiger charge is -2.30. The van der Waals surface area contributed by atoms with E-state index in [1.165, 1.54) is 24.2 Å². The summed E-state index contributed by atoms with van der Waals surface area (Å²) >= 11 is 0. The second-order valence-electron chi connectivity index (χ2n) is 6.88. The summed E-state index contributed by atoms with van der Waals surface area (Å²) in [5.41, 5.74) is 3.71. The van der Waals surface area contributed by atoms with E-state index in [1.807, 2.05) is 59.5 Å². The Labute approximate surface area is 148 Å². The van der Waals surface area contributed by atoms with Gasteiger partial charge >= 0.3 is 0 Å². The molecule has 2 aromatic rings. The number of likely N-dealkylation sites (tertiary alicyclic amines) is 1. The Hall–Kier alpha value is -2.46. The maximum atomic E-state index is 13.1. The van der Waals surface area contributed by atoms with Gasteiger partial charge < -0.3 is 4.90 Å². The molecule has 1 amide bonds. The first-order valence-electron chi connectivity index (χ1n) is 9.17. The minimum Gasteiger partial charge on any atom is -0.317 e. The maximum Gasteiger partial charge on any atom is 0.237 e. The Morgan fingerprint density at radius 1 is 0.920 bits per heavy atom. The molecule has 2 aromatic carbocycles. The van der Waals surface area contributed by atoms with E-state index in [9.17, 15) is 4.79 Å². The van der Waals surface area contributed by atoms with Crippen molar-refractivity contribution in [3.63, 3.8) is 0 Å². The summed E-state index contributed by atoms with van der Waals surface area (Å²) in [6, 6.07) is 18.1. The number of fused-ring (bicyclic) bond motifs is 1. The lowest BCUT2D eigenvalue weighted by atomic mass is 10.1. The van der Waals surface area contributed by atoms with Crippen LogP contribution in [0.15, 0.2) is 59.6 Å². The van der Waals surface area contributed by atoms with Crippen LogP contribution in [0.5, 0.6) is 0 Å². The van der Waals surface area contributed by atoms with E-state index in [1.54, 1.807) is 0 Å². The van der Waals surface area contributed by atoms with E-state index in [0.717, 1.165) is 42.4 Å². The topological polar surface area (TPSA) is 37.1 Å². The van der Waals surface area contributed by atoms with Crippen LogP contribution in [0.3, 0.4) is 0 Å². The molecule has 0 unspecified atom stereocenters. The molecule has 0 radical (unpaired) electrons. The Bertz CT molecular complexity index is 779. The highest BCUT2D eigenvalue weighted by Gasteiger charge is 2.28. The number of para-hydroxylation sites is 2. The van der Waals surface area contributed by atoms with Crippen LogP contribution in [0.25, 0.3) is 0 Å². The molecule has 2 heterocycles. The molecule has 25 heavy (non-hydrogen) atoms. The molecule has 0 atom stereocenters. The molecule has 1 saturated heterocycles. The first-order valence-corrected chi connectivity index (χ1v) is 9.17. The van der Waals surface area contributed by atoms with Crippen LogP contribution in [-0.2, 0) is 4.79 Å². The maximum absolute atomic E-state index is 13.1. The zero-order valence-electron chi connectivity index (χ0n) is 14.4. The second-order valence-corrected chi connectivity index (χ2v) is 6.88. The fourth-order valence-electron chi connectivity index (χ4n) is 3.75. The molecule has 0 saturated carbocycles. The number of quaternary nitrogens is 1. The highest BCUT2D eigenvalue weighted by Crippen LogP contribution is 2.32. The van der Waals surface area contributed by atoms with Gasteiger partial charge in [0.2, 0.25) is 5.91 Å². The number of carbonyl (C=O) groups is 1. The average molecular weight is 334 g/mol. The van der Waals surface area contributed by atoms with Gasteiger partial charge in [0, 0.05) is 0 Å². The molecule has 4 rings (SSSR count). The lowest BCUT2D eigenvalue weighted by molar-refractivity contribution is -0.903. The summed E-state index contributed by atoms with van der Waals surface area (Å²) in [6.07, 6.45) is 4.18. The van der Waals surface area contributed by atoms with E-state index >= 15 is 0 Å². The minimum atomic E-state index is 0.144. The summed E-state index contributed by atoms with van der Waals surface area (Å²) in [4.78, 5) is 21.4. The van der Waals surface area contributed by atoms with Gasteiger partial charge in [0.05, 0.1) is 36.6 Å². The van der Waals surface area contributed by atoms with E-state index in [4.69, 9.17) is 4.99 Å². The summed E-state index contributed by atoms with van der Waals surface area (Å²) < 4.78 is 0. The summed E-state index contributed by atoms with van der Waals surface area (Å²) in [7, 11) is 0.